The summed E-state index contributed by atoms with van der Waals surface area (Å²) in [5.41, 5.74) is 0. The van der Waals surface area contributed by atoms with E-state index in [9.17, 15) is 0 Å². The fraction of sp³-hybridized carbons (Fsp3) is 1.00. The summed E-state index contributed by atoms with van der Waals surface area (Å²) in [4.78, 5) is 0. The van der Waals surface area contributed by atoms with Crippen molar-refractivity contribution in [2.45, 2.75) is 57.7 Å². The molecule has 1 heteroatoms. The van der Waals surface area contributed by atoms with E-state index in [1.165, 1.54) is 38.5 Å². The van der Waals surface area contributed by atoms with Gasteiger partial charge in [-0.05, 0) is 56.3 Å². The van der Waals surface area contributed by atoms with Gasteiger partial charge in [-0.25, -0.2) is 0 Å². The predicted octanol–water partition coefficient (Wildman–Crippen LogP) is 4.47. The maximum atomic E-state index is 6.22. The van der Waals surface area contributed by atoms with E-state index < -0.39 is 0 Å². The van der Waals surface area contributed by atoms with E-state index in [0.29, 0.717) is 5.38 Å². The zero-order chi connectivity index (χ0) is 10.1. The number of alkyl halides is 1. The molecule has 82 valence electrons. The molecule has 2 saturated carbocycles. The summed E-state index contributed by atoms with van der Waals surface area (Å²) in [6.07, 6.45) is 8.76. The van der Waals surface area contributed by atoms with Gasteiger partial charge in [0.25, 0.3) is 0 Å². The summed E-state index contributed by atoms with van der Waals surface area (Å²) >= 11 is 6.22. The van der Waals surface area contributed by atoms with Gasteiger partial charge in [0.2, 0.25) is 0 Å². The first kappa shape index (κ1) is 10.8. The second-order valence-corrected chi connectivity index (χ2v) is 6.20. The summed E-state index contributed by atoms with van der Waals surface area (Å²) in [7, 11) is 0. The predicted molar refractivity (Wildman–Crippen MR) is 62.7 cm³/mol. The highest BCUT2D eigenvalue weighted by Crippen LogP contribution is 2.50. The molecule has 0 aromatic rings. The summed E-state index contributed by atoms with van der Waals surface area (Å²) in [6.45, 7) is 4.46. The van der Waals surface area contributed by atoms with Gasteiger partial charge >= 0.3 is 0 Å². The zero-order valence-electron chi connectivity index (χ0n) is 9.51. The average molecular weight is 215 g/mol. The number of rotatable bonds is 4. The Labute approximate surface area is 93.4 Å². The molecule has 0 aliphatic heterocycles. The Hall–Kier alpha value is 0.290. The van der Waals surface area contributed by atoms with Crippen molar-refractivity contribution >= 4 is 11.6 Å². The molecule has 5 atom stereocenters. The van der Waals surface area contributed by atoms with E-state index in [1.54, 1.807) is 0 Å². The van der Waals surface area contributed by atoms with Crippen LogP contribution in [0, 0.1) is 23.7 Å². The first-order chi connectivity index (χ1) is 6.70. The van der Waals surface area contributed by atoms with Gasteiger partial charge in [-0.15, -0.1) is 11.6 Å². The normalized spacial score (nSPS) is 40.1. The molecule has 2 aliphatic rings. The SMILES string of the molecule is CCC(CC1CC2CCC1C2)C(C)Cl. The van der Waals surface area contributed by atoms with Crippen LogP contribution in [0.25, 0.3) is 0 Å². The molecule has 0 N–H and O–H groups in total. The molecule has 14 heavy (non-hydrogen) atoms. The Kier molecular flexibility index (Phi) is 3.42. The van der Waals surface area contributed by atoms with Crippen LogP contribution in [0.1, 0.15) is 52.4 Å². The first-order valence-electron chi connectivity index (χ1n) is 6.34. The fourth-order valence-corrected chi connectivity index (χ4v) is 4.01. The van der Waals surface area contributed by atoms with E-state index in [2.05, 4.69) is 13.8 Å². The minimum atomic E-state index is 0.374. The summed E-state index contributed by atoms with van der Waals surface area (Å²) < 4.78 is 0. The number of fused-ring (bicyclic) bond motifs is 2. The van der Waals surface area contributed by atoms with Gasteiger partial charge < -0.3 is 0 Å². The van der Waals surface area contributed by atoms with Crippen molar-refractivity contribution in [3.05, 3.63) is 0 Å². The highest BCUT2D eigenvalue weighted by molar-refractivity contribution is 6.20. The van der Waals surface area contributed by atoms with Crippen LogP contribution in [-0.4, -0.2) is 5.38 Å². The van der Waals surface area contributed by atoms with Gasteiger partial charge in [0.05, 0.1) is 0 Å². The van der Waals surface area contributed by atoms with Gasteiger partial charge in [-0.3, -0.25) is 0 Å². The second kappa shape index (κ2) is 4.43. The highest BCUT2D eigenvalue weighted by Gasteiger charge is 2.40. The van der Waals surface area contributed by atoms with Crippen LogP contribution in [0.3, 0.4) is 0 Å². The molecule has 2 rings (SSSR count). The molecule has 0 heterocycles. The van der Waals surface area contributed by atoms with Gasteiger partial charge in [0.15, 0.2) is 0 Å². The quantitative estimate of drug-likeness (QED) is 0.606. The molecule has 2 bridgehead atoms. The third-order valence-electron chi connectivity index (χ3n) is 4.66. The third kappa shape index (κ3) is 2.10. The fourth-order valence-electron chi connectivity index (χ4n) is 3.73. The van der Waals surface area contributed by atoms with Crippen molar-refractivity contribution in [2.24, 2.45) is 23.7 Å². The van der Waals surface area contributed by atoms with Crippen LogP contribution >= 0.6 is 11.6 Å². The van der Waals surface area contributed by atoms with Crippen molar-refractivity contribution in [2.75, 3.05) is 0 Å². The number of halogens is 1. The molecule has 0 spiro atoms. The second-order valence-electron chi connectivity index (χ2n) is 5.52. The van der Waals surface area contributed by atoms with Crippen LogP contribution in [-0.2, 0) is 0 Å². The molecule has 0 amide bonds. The lowest BCUT2D eigenvalue weighted by Crippen LogP contribution is -2.19. The molecule has 0 aromatic carbocycles. The van der Waals surface area contributed by atoms with E-state index in [0.717, 1.165) is 23.7 Å². The van der Waals surface area contributed by atoms with Crippen molar-refractivity contribution in [3.8, 4) is 0 Å². The van der Waals surface area contributed by atoms with Crippen molar-refractivity contribution < 1.29 is 0 Å². The Morgan fingerprint density at radius 3 is 2.50 bits per heavy atom. The Morgan fingerprint density at radius 2 is 2.07 bits per heavy atom. The van der Waals surface area contributed by atoms with Crippen molar-refractivity contribution in [1.82, 2.24) is 0 Å². The lowest BCUT2D eigenvalue weighted by molar-refractivity contribution is 0.261. The van der Waals surface area contributed by atoms with E-state index >= 15 is 0 Å². The van der Waals surface area contributed by atoms with E-state index in [1.807, 2.05) is 0 Å². The summed E-state index contributed by atoms with van der Waals surface area (Å²) in [5, 5.41) is 0.374. The van der Waals surface area contributed by atoms with Gasteiger partial charge in [0.1, 0.15) is 0 Å². The Balaban J connectivity index is 1.85. The van der Waals surface area contributed by atoms with Crippen molar-refractivity contribution in [1.29, 1.82) is 0 Å². The summed E-state index contributed by atoms with van der Waals surface area (Å²) in [6, 6.07) is 0. The summed E-state index contributed by atoms with van der Waals surface area (Å²) in [5.74, 6) is 3.96. The maximum Gasteiger partial charge on any atom is 0.0336 e. The lowest BCUT2D eigenvalue weighted by Gasteiger charge is -2.27. The molecular weight excluding hydrogens is 192 g/mol. The molecule has 0 saturated heterocycles. The molecule has 2 aliphatic carbocycles. The van der Waals surface area contributed by atoms with Gasteiger partial charge in [-0.2, -0.15) is 0 Å². The van der Waals surface area contributed by atoms with E-state index in [-0.39, 0.29) is 0 Å². The highest BCUT2D eigenvalue weighted by atomic mass is 35.5. The largest absolute Gasteiger partial charge is 0.123 e. The van der Waals surface area contributed by atoms with Crippen LogP contribution in [0.15, 0.2) is 0 Å². The number of hydrogen-bond donors (Lipinski definition) is 0. The molecule has 2 fully saturated rings. The Bertz CT molecular complexity index is 188. The molecular formula is C13H23Cl. The minimum Gasteiger partial charge on any atom is -0.123 e. The molecule has 0 radical (unpaired) electrons. The Morgan fingerprint density at radius 1 is 1.29 bits per heavy atom. The van der Waals surface area contributed by atoms with E-state index in [4.69, 9.17) is 11.6 Å². The molecule has 0 aromatic heterocycles. The van der Waals surface area contributed by atoms with Crippen LogP contribution in [0.2, 0.25) is 0 Å². The lowest BCUT2D eigenvalue weighted by atomic mass is 9.80. The topological polar surface area (TPSA) is 0 Å². The van der Waals surface area contributed by atoms with Gasteiger partial charge in [0, 0.05) is 5.38 Å². The van der Waals surface area contributed by atoms with Crippen LogP contribution < -0.4 is 0 Å². The maximum absolute atomic E-state index is 6.22. The molecule has 5 unspecified atom stereocenters. The van der Waals surface area contributed by atoms with Crippen molar-refractivity contribution in [3.63, 3.8) is 0 Å². The molecule has 0 nitrogen and oxygen atoms in total. The van der Waals surface area contributed by atoms with Crippen LogP contribution in [0.4, 0.5) is 0 Å². The van der Waals surface area contributed by atoms with Gasteiger partial charge in [-0.1, -0.05) is 19.8 Å². The van der Waals surface area contributed by atoms with Crippen LogP contribution in [0.5, 0.6) is 0 Å². The minimum absolute atomic E-state index is 0.374. The third-order valence-corrected chi connectivity index (χ3v) is 5.02. The smallest absolute Gasteiger partial charge is 0.0336 e. The average Bonchev–Trinajstić information content (AvgIpc) is 2.74. The monoisotopic (exact) mass is 214 g/mol. The first-order valence-corrected chi connectivity index (χ1v) is 6.78. The number of hydrogen-bond acceptors (Lipinski definition) is 0. The zero-order valence-corrected chi connectivity index (χ0v) is 10.3. The standard InChI is InChI=1S/C13H23Cl/c1-3-11(9(2)14)8-13-7-10-4-5-12(13)6-10/h9-13H,3-8H2,1-2H3.